The van der Waals surface area contributed by atoms with Gasteiger partial charge in [0, 0.05) is 13.1 Å². The molecular formula is C10H15N3. The molecule has 0 N–H and O–H groups in total. The van der Waals surface area contributed by atoms with Gasteiger partial charge in [-0.2, -0.15) is 10.2 Å². The highest BCUT2D eigenvalue weighted by Crippen LogP contribution is 2.22. The second-order valence-electron chi connectivity index (χ2n) is 3.90. The second kappa shape index (κ2) is 3.32. The van der Waals surface area contributed by atoms with Crippen LogP contribution in [0.1, 0.15) is 19.0 Å². The average Bonchev–Trinajstić information content (AvgIpc) is 2.52. The fourth-order valence-electron chi connectivity index (χ4n) is 1.80. The maximum absolute atomic E-state index is 3.96. The fourth-order valence-corrected chi connectivity index (χ4v) is 1.80. The summed E-state index contributed by atoms with van der Waals surface area (Å²) in [5.74, 6) is 0.813. The minimum Gasteiger partial charge on any atom is -0.370 e. The summed E-state index contributed by atoms with van der Waals surface area (Å²) in [5, 5.41) is 7.92. The Labute approximate surface area is 78.8 Å². The highest BCUT2D eigenvalue weighted by molar-refractivity contribution is 5.45. The van der Waals surface area contributed by atoms with Crippen molar-refractivity contribution in [1.29, 1.82) is 0 Å². The lowest BCUT2D eigenvalue weighted by Gasteiger charge is -2.17. The van der Waals surface area contributed by atoms with E-state index in [1.807, 2.05) is 13.1 Å². The van der Waals surface area contributed by atoms with Crippen LogP contribution in [0, 0.1) is 12.8 Å². The molecule has 0 aliphatic carbocycles. The predicted octanol–water partition coefficient (Wildman–Crippen LogP) is 1.63. The molecule has 0 bridgehead atoms. The summed E-state index contributed by atoms with van der Waals surface area (Å²) >= 11 is 0. The Balaban J connectivity index is 2.16. The third-order valence-electron chi connectivity index (χ3n) is 2.55. The molecule has 1 atom stereocenters. The maximum atomic E-state index is 3.96. The smallest absolute Gasteiger partial charge is 0.0730 e. The summed E-state index contributed by atoms with van der Waals surface area (Å²) in [7, 11) is 0. The Hall–Kier alpha value is -1.12. The minimum absolute atomic E-state index is 0.813. The SMILES string of the molecule is Cc1cc(N2CCC(C)C2)cnn1. The van der Waals surface area contributed by atoms with Gasteiger partial charge in [-0.15, -0.1) is 0 Å². The van der Waals surface area contributed by atoms with Crippen molar-refractivity contribution in [3.05, 3.63) is 18.0 Å². The highest BCUT2D eigenvalue weighted by Gasteiger charge is 2.18. The molecule has 70 valence electrons. The molecule has 3 heteroatoms. The monoisotopic (exact) mass is 177 g/mol. The zero-order chi connectivity index (χ0) is 9.26. The Kier molecular flexibility index (Phi) is 2.17. The molecule has 13 heavy (non-hydrogen) atoms. The van der Waals surface area contributed by atoms with Gasteiger partial charge in [-0.05, 0) is 25.3 Å². The molecule has 1 unspecified atom stereocenters. The van der Waals surface area contributed by atoms with Crippen LogP contribution in [-0.4, -0.2) is 23.3 Å². The van der Waals surface area contributed by atoms with Crippen molar-refractivity contribution in [2.24, 2.45) is 5.92 Å². The van der Waals surface area contributed by atoms with Crippen LogP contribution < -0.4 is 4.90 Å². The van der Waals surface area contributed by atoms with Gasteiger partial charge >= 0.3 is 0 Å². The summed E-state index contributed by atoms with van der Waals surface area (Å²) < 4.78 is 0. The van der Waals surface area contributed by atoms with E-state index in [9.17, 15) is 0 Å². The van der Waals surface area contributed by atoms with Crippen molar-refractivity contribution < 1.29 is 0 Å². The fraction of sp³-hybridized carbons (Fsp3) is 0.600. The zero-order valence-electron chi connectivity index (χ0n) is 8.20. The lowest BCUT2D eigenvalue weighted by Crippen LogP contribution is -2.19. The van der Waals surface area contributed by atoms with Crippen molar-refractivity contribution in [3.8, 4) is 0 Å². The molecule has 2 heterocycles. The van der Waals surface area contributed by atoms with E-state index in [1.165, 1.54) is 12.1 Å². The van der Waals surface area contributed by atoms with Crippen LogP contribution in [0.2, 0.25) is 0 Å². The van der Waals surface area contributed by atoms with Crippen LogP contribution in [-0.2, 0) is 0 Å². The zero-order valence-corrected chi connectivity index (χ0v) is 8.20. The van der Waals surface area contributed by atoms with E-state index in [0.29, 0.717) is 0 Å². The molecule has 1 fully saturated rings. The third kappa shape index (κ3) is 1.79. The summed E-state index contributed by atoms with van der Waals surface area (Å²) in [6, 6.07) is 2.10. The molecule has 1 aliphatic heterocycles. The highest BCUT2D eigenvalue weighted by atomic mass is 15.2. The molecule has 2 rings (SSSR count). The van der Waals surface area contributed by atoms with Crippen molar-refractivity contribution in [2.45, 2.75) is 20.3 Å². The quantitative estimate of drug-likeness (QED) is 0.653. The standard InChI is InChI=1S/C10H15N3/c1-8-3-4-13(7-8)10-5-9(2)12-11-6-10/h5-6,8H,3-4,7H2,1-2H3. The van der Waals surface area contributed by atoms with E-state index < -0.39 is 0 Å². The van der Waals surface area contributed by atoms with Gasteiger partial charge in [-0.25, -0.2) is 0 Å². The number of aryl methyl sites for hydroxylation is 1. The number of nitrogens with zero attached hydrogens (tertiary/aromatic N) is 3. The first-order chi connectivity index (χ1) is 6.25. The Morgan fingerprint density at radius 2 is 2.38 bits per heavy atom. The third-order valence-corrected chi connectivity index (χ3v) is 2.55. The number of rotatable bonds is 1. The summed E-state index contributed by atoms with van der Waals surface area (Å²) in [6.45, 7) is 6.59. The van der Waals surface area contributed by atoms with E-state index >= 15 is 0 Å². The summed E-state index contributed by atoms with van der Waals surface area (Å²) in [5.41, 5.74) is 2.22. The summed E-state index contributed by atoms with van der Waals surface area (Å²) in [6.07, 6.45) is 3.15. The van der Waals surface area contributed by atoms with Crippen molar-refractivity contribution >= 4 is 5.69 Å². The maximum Gasteiger partial charge on any atom is 0.0730 e. The van der Waals surface area contributed by atoms with Gasteiger partial charge in [0.1, 0.15) is 0 Å². The molecule has 0 spiro atoms. The molecule has 1 aliphatic rings. The van der Waals surface area contributed by atoms with Crippen LogP contribution in [0.3, 0.4) is 0 Å². The summed E-state index contributed by atoms with van der Waals surface area (Å²) in [4.78, 5) is 2.38. The molecule has 0 aromatic carbocycles. The number of hydrogen-bond acceptors (Lipinski definition) is 3. The van der Waals surface area contributed by atoms with Gasteiger partial charge in [0.2, 0.25) is 0 Å². The van der Waals surface area contributed by atoms with Gasteiger partial charge < -0.3 is 4.90 Å². The van der Waals surface area contributed by atoms with Gasteiger partial charge in [-0.3, -0.25) is 0 Å². The van der Waals surface area contributed by atoms with Gasteiger partial charge in [0.15, 0.2) is 0 Å². The van der Waals surface area contributed by atoms with Crippen LogP contribution >= 0.6 is 0 Å². The van der Waals surface area contributed by atoms with Crippen LogP contribution in [0.4, 0.5) is 5.69 Å². The molecule has 0 saturated carbocycles. The number of aromatic nitrogens is 2. The normalized spacial score (nSPS) is 22.3. The van der Waals surface area contributed by atoms with Crippen LogP contribution in [0.5, 0.6) is 0 Å². The van der Waals surface area contributed by atoms with Gasteiger partial charge in [-0.1, -0.05) is 6.92 Å². The minimum atomic E-state index is 0.813. The Morgan fingerprint density at radius 3 is 3.00 bits per heavy atom. The van der Waals surface area contributed by atoms with Gasteiger partial charge in [0.05, 0.1) is 17.6 Å². The van der Waals surface area contributed by atoms with E-state index in [4.69, 9.17) is 0 Å². The molecule has 1 saturated heterocycles. The molecule has 0 radical (unpaired) electrons. The Bertz CT molecular complexity index is 298. The number of hydrogen-bond donors (Lipinski definition) is 0. The first kappa shape index (κ1) is 8.48. The molecule has 3 nitrogen and oxygen atoms in total. The first-order valence-corrected chi connectivity index (χ1v) is 4.80. The van der Waals surface area contributed by atoms with Crippen molar-refractivity contribution in [2.75, 3.05) is 18.0 Å². The molecule has 1 aromatic heterocycles. The lowest BCUT2D eigenvalue weighted by molar-refractivity contribution is 0.659. The molecule has 0 amide bonds. The van der Waals surface area contributed by atoms with Crippen LogP contribution in [0.25, 0.3) is 0 Å². The van der Waals surface area contributed by atoms with E-state index in [1.54, 1.807) is 0 Å². The van der Waals surface area contributed by atoms with Crippen LogP contribution in [0.15, 0.2) is 12.3 Å². The van der Waals surface area contributed by atoms with E-state index in [-0.39, 0.29) is 0 Å². The lowest BCUT2D eigenvalue weighted by atomic mass is 10.2. The average molecular weight is 177 g/mol. The predicted molar refractivity (Wildman–Crippen MR) is 52.8 cm³/mol. The van der Waals surface area contributed by atoms with Gasteiger partial charge in [0.25, 0.3) is 0 Å². The molecular weight excluding hydrogens is 162 g/mol. The Morgan fingerprint density at radius 1 is 1.54 bits per heavy atom. The second-order valence-corrected chi connectivity index (χ2v) is 3.90. The molecule has 1 aromatic rings. The van der Waals surface area contributed by atoms with E-state index in [2.05, 4.69) is 28.1 Å². The topological polar surface area (TPSA) is 29.0 Å². The first-order valence-electron chi connectivity index (χ1n) is 4.80. The van der Waals surface area contributed by atoms with Crippen molar-refractivity contribution in [3.63, 3.8) is 0 Å². The number of anilines is 1. The van der Waals surface area contributed by atoms with E-state index in [0.717, 1.165) is 24.7 Å². The largest absolute Gasteiger partial charge is 0.370 e. The van der Waals surface area contributed by atoms with Crippen molar-refractivity contribution in [1.82, 2.24) is 10.2 Å².